The van der Waals surface area contributed by atoms with E-state index >= 15 is 0 Å². The van der Waals surface area contributed by atoms with Gasteiger partial charge in [-0.1, -0.05) is 0 Å². The Morgan fingerprint density at radius 1 is 1.17 bits per heavy atom. The van der Waals surface area contributed by atoms with Crippen LogP contribution in [0.25, 0.3) is 5.65 Å². The average Bonchev–Trinajstić information content (AvgIpc) is 2.94. The Morgan fingerprint density at radius 3 is 2.48 bits per heavy atom. The van der Waals surface area contributed by atoms with Crippen molar-refractivity contribution in [3.05, 3.63) is 18.2 Å². The van der Waals surface area contributed by atoms with Gasteiger partial charge in [0.2, 0.25) is 0 Å². The molecular weight excluding hydrogens is 462 g/mol. The van der Waals surface area contributed by atoms with Crippen LogP contribution in [0.2, 0.25) is 0 Å². The predicted octanol–water partition coefficient (Wildman–Crippen LogP) is 0.363. The topological polar surface area (TPSA) is 229 Å². The minimum atomic E-state index is -5.58. The molecule has 0 saturated carbocycles. The zero-order chi connectivity index (χ0) is 21.9. The van der Waals surface area contributed by atoms with E-state index in [2.05, 4.69) is 23.7 Å². The Morgan fingerprint density at radius 2 is 1.86 bits per heavy atom. The molecule has 0 aliphatic rings. The summed E-state index contributed by atoms with van der Waals surface area (Å²) in [5.74, 6) is 0.0891. The quantitative estimate of drug-likeness (QED) is 0.274. The van der Waals surface area contributed by atoms with Crippen molar-refractivity contribution >= 4 is 34.7 Å². The van der Waals surface area contributed by atoms with Gasteiger partial charge in [0.25, 0.3) is 0 Å². The number of halogens is 1. The van der Waals surface area contributed by atoms with Crippen LogP contribution in [0.15, 0.2) is 12.5 Å². The number of phosphoric acid groups is 2. The van der Waals surface area contributed by atoms with Crippen LogP contribution in [0.1, 0.15) is 12.1 Å². The fourth-order valence-corrected chi connectivity index (χ4v) is 5.49. The van der Waals surface area contributed by atoms with E-state index in [9.17, 15) is 23.0 Å². The molecule has 0 spiro atoms. The Labute approximate surface area is 162 Å². The molecule has 2 unspecified atom stereocenters. The molecule has 2 rings (SSSR count). The molecule has 0 bridgehead atoms. The number of fused-ring (bicyclic) bond motifs is 1. The molecule has 3 atom stereocenters. The lowest BCUT2D eigenvalue weighted by atomic mass is 10.1. The third-order valence-electron chi connectivity index (χ3n) is 3.18. The summed E-state index contributed by atoms with van der Waals surface area (Å²) in [5, 5.41) is 3.93. The first-order chi connectivity index (χ1) is 13.3. The molecule has 0 aliphatic carbocycles. The minimum Gasteiger partial charge on any atom is -0.381 e. The van der Waals surface area contributed by atoms with E-state index in [1.807, 2.05) is 0 Å². The molecule has 164 valence electrons. The van der Waals surface area contributed by atoms with Gasteiger partial charge >= 0.3 is 23.2 Å². The highest BCUT2D eigenvalue weighted by molar-refractivity contribution is 7.68. The molecule has 0 radical (unpaired) electrons. The summed E-state index contributed by atoms with van der Waals surface area (Å²) >= 11 is 0. The summed E-state index contributed by atoms with van der Waals surface area (Å²) in [6, 6.07) is 0. The number of anilines is 1. The zero-order valence-corrected chi connectivity index (χ0v) is 17.1. The molecule has 0 saturated heterocycles. The zero-order valence-electron chi connectivity index (χ0n) is 14.4. The van der Waals surface area contributed by atoms with Crippen LogP contribution >= 0.6 is 23.2 Å². The number of nitrogen functional groups attached to an aromatic ring is 1. The lowest BCUT2D eigenvalue weighted by Gasteiger charge is -2.20. The summed E-state index contributed by atoms with van der Waals surface area (Å²) < 4.78 is 60.4. The van der Waals surface area contributed by atoms with Crippen LogP contribution < -0.4 is 5.73 Å². The highest BCUT2D eigenvalue weighted by Crippen LogP contribution is 2.65. The molecule has 19 heteroatoms. The van der Waals surface area contributed by atoms with Gasteiger partial charge < -0.3 is 30.0 Å². The standard InChI is InChI=1S/C10H17FN5O10P3/c11-2-1-8(3-7-4-13-10-9(12)14-5-15-16(7)10)24-6-27(17,18)25-29(22,23)26-28(19,20)21/h4-5,8H,1-3,6H2,(H,17,18)(H,22,23)(H2,12,14,15)(H2,19,20,21)/t8-/m1/s1. The van der Waals surface area contributed by atoms with Crippen molar-refractivity contribution in [2.24, 2.45) is 0 Å². The van der Waals surface area contributed by atoms with E-state index in [4.69, 9.17) is 25.2 Å². The van der Waals surface area contributed by atoms with E-state index < -0.39 is 42.4 Å². The summed E-state index contributed by atoms with van der Waals surface area (Å²) in [5.41, 5.74) is 6.28. The van der Waals surface area contributed by atoms with Crippen molar-refractivity contribution in [2.75, 3.05) is 18.8 Å². The van der Waals surface area contributed by atoms with E-state index in [0.29, 0.717) is 5.69 Å². The summed E-state index contributed by atoms with van der Waals surface area (Å²) in [6.07, 6.45) is 0.0379. The first-order valence-electron chi connectivity index (χ1n) is 7.55. The van der Waals surface area contributed by atoms with Crippen LogP contribution in [0.5, 0.6) is 0 Å². The first-order valence-corrected chi connectivity index (χ1v) is 12.3. The van der Waals surface area contributed by atoms with Crippen molar-refractivity contribution in [2.45, 2.75) is 18.9 Å². The lowest BCUT2D eigenvalue weighted by Crippen LogP contribution is -2.19. The van der Waals surface area contributed by atoms with Crippen molar-refractivity contribution < 1.29 is 51.0 Å². The fourth-order valence-electron chi connectivity index (χ4n) is 2.15. The van der Waals surface area contributed by atoms with Gasteiger partial charge in [0.15, 0.2) is 11.5 Å². The molecule has 2 heterocycles. The number of alkyl halides is 1. The second-order valence-corrected chi connectivity index (χ2v) is 10.2. The number of hydrogen-bond acceptors (Lipinski definition) is 10. The Hall–Kier alpha value is -1.31. The Balaban J connectivity index is 2.06. The van der Waals surface area contributed by atoms with Gasteiger partial charge in [-0.05, 0) is 0 Å². The maximum absolute atomic E-state index is 12.8. The number of rotatable bonds is 11. The van der Waals surface area contributed by atoms with Crippen LogP contribution in [0.4, 0.5) is 10.2 Å². The summed E-state index contributed by atoms with van der Waals surface area (Å²) in [7, 11) is -16.1. The molecule has 2 aromatic rings. The number of ether oxygens (including phenoxy) is 1. The minimum absolute atomic E-state index is 0.0443. The second kappa shape index (κ2) is 9.23. The Bertz CT molecular complexity index is 998. The summed E-state index contributed by atoms with van der Waals surface area (Å²) in [6.45, 7) is -0.866. The normalized spacial score (nSPS) is 17.7. The highest BCUT2D eigenvalue weighted by atomic mass is 31.3. The predicted molar refractivity (Wildman–Crippen MR) is 93.1 cm³/mol. The van der Waals surface area contributed by atoms with Crippen LogP contribution in [0.3, 0.4) is 0 Å². The molecule has 6 N–H and O–H groups in total. The van der Waals surface area contributed by atoms with Gasteiger partial charge in [0.05, 0.1) is 24.7 Å². The van der Waals surface area contributed by atoms with Crippen LogP contribution in [-0.2, 0) is 33.5 Å². The third-order valence-corrected chi connectivity index (χ3v) is 7.18. The molecule has 2 aromatic heterocycles. The number of imidazole rings is 1. The highest BCUT2D eigenvalue weighted by Gasteiger charge is 2.40. The lowest BCUT2D eigenvalue weighted by molar-refractivity contribution is 0.0624. The molecule has 0 aliphatic heterocycles. The molecule has 29 heavy (non-hydrogen) atoms. The fraction of sp³-hybridized carbons (Fsp3) is 0.500. The number of nitrogens with two attached hydrogens (primary N) is 1. The SMILES string of the molecule is Nc1ncnn2c(C[C@@H](CCF)OCP(=O)(O)OP(=O)(O)OP(=O)(O)O)cnc12. The molecule has 15 nitrogen and oxygen atoms in total. The molecule has 0 fully saturated rings. The van der Waals surface area contributed by atoms with Crippen molar-refractivity contribution in [3.63, 3.8) is 0 Å². The van der Waals surface area contributed by atoms with Gasteiger partial charge in [0.1, 0.15) is 12.7 Å². The molecule has 0 aromatic carbocycles. The molecular formula is C10H17FN5O10P3. The van der Waals surface area contributed by atoms with Gasteiger partial charge in [-0.2, -0.15) is 9.41 Å². The van der Waals surface area contributed by atoms with Gasteiger partial charge in [-0.15, -0.1) is 0 Å². The average molecular weight is 479 g/mol. The van der Waals surface area contributed by atoms with E-state index in [-0.39, 0.29) is 24.3 Å². The van der Waals surface area contributed by atoms with Gasteiger partial charge in [0, 0.05) is 12.8 Å². The van der Waals surface area contributed by atoms with Crippen molar-refractivity contribution in [3.8, 4) is 0 Å². The number of nitrogens with zero attached hydrogens (tertiary/aromatic N) is 4. The first kappa shape index (κ1) is 24.0. The Kier molecular flexibility index (Phi) is 7.63. The third kappa shape index (κ3) is 7.46. The maximum atomic E-state index is 12.8. The largest absolute Gasteiger partial charge is 0.488 e. The van der Waals surface area contributed by atoms with Crippen LogP contribution in [-0.4, -0.2) is 58.3 Å². The maximum Gasteiger partial charge on any atom is 0.488 e. The van der Waals surface area contributed by atoms with Crippen molar-refractivity contribution in [1.29, 1.82) is 0 Å². The smallest absolute Gasteiger partial charge is 0.381 e. The van der Waals surface area contributed by atoms with Crippen LogP contribution in [0, 0.1) is 0 Å². The van der Waals surface area contributed by atoms with E-state index in [1.54, 1.807) is 0 Å². The van der Waals surface area contributed by atoms with Gasteiger partial charge in [-0.25, -0.2) is 27.9 Å². The molecule has 0 amide bonds. The number of aromatic nitrogens is 4. The van der Waals surface area contributed by atoms with Gasteiger partial charge in [-0.3, -0.25) is 8.96 Å². The number of hydrogen-bond donors (Lipinski definition) is 5. The monoisotopic (exact) mass is 479 g/mol. The van der Waals surface area contributed by atoms with Crippen molar-refractivity contribution in [1.82, 2.24) is 19.6 Å². The second-order valence-electron chi connectivity index (χ2n) is 5.49. The van der Waals surface area contributed by atoms with E-state index in [1.165, 1.54) is 10.7 Å². The van der Waals surface area contributed by atoms with E-state index in [0.717, 1.165) is 6.33 Å². The summed E-state index contributed by atoms with van der Waals surface area (Å²) in [4.78, 5) is 43.5.